The topological polar surface area (TPSA) is 53.9 Å². The van der Waals surface area contributed by atoms with Crippen LogP contribution in [0, 0.1) is 5.92 Å². The summed E-state index contributed by atoms with van der Waals surface area (Å²) in [7, 11) is 2.03. The van der Waals surface area contributed by atoms with Gasteiger partial charge in [-0.3, -0.25) is 0 Å². The number of piperidine rings is 1. The molecule has 2 heterocycles. The summed E-state index contributed by atoms with van der Waals surface area (Å²) in [6.45, 7) is 3.34. The summed E-state index contributed by atoms with van der Waals surface area (Å²) in [5, 5.41) is 11.2. The zero-order valence-electron chi connectivity index (χ0n) is 9.76. The number of nitrogens with zero attached hydrogens (tertiary/aromatic N) is 4. The van der Waals surface area contributed by atoms with Crippen LogP contribution in [0.25, 0.3) is 0 Å². The van der Waals surface area contributed by atoms with Gasteiger partial charge >= 0.3 is 0 Å². The molecule has 1 aromatic heterocycles. The lowest BCUT2D eigenvalue weighted by molar-refractivity contribution is 0.356. The standard InChI is InChI=1S/C11H19N5/c1-16(11-13-7-8-14-15-11)9-4-10-2-5-12-6-3-10/h7-8,10,12H,2-6,9H2,1H3. The van der Waals surface area contributed by atoms with Crippen LogP contribution in [0.1, 0.15) is 19.3 Å². The molecule has 1 fully saturated rings. The highest BCUT2D eigenvalue weighted by Gasteiger charge is 2.14. The van der Waals surface area contributed by atoms with Crippen molar-refractivity contribution in [2.75, 3.05) is 31.6 Å². The first kappa shape index (κ1) is 11.3. The average molecular weight is 221 g/mol. The molecule has 88 valence electrons. The van der Waals surface area contributed by atoms with Crippen molar-refractivity contribution in [3.63, 3.8) is 0 Å². The van der Waals surface area contributed by atoms with Crippen molar-refractivity contribution >= 4 is 5.95 Å². The summed E-state index contributed by atoms with van der Waals surface area (Å²) in [5.74, 6) is 1.57. The monoisotopic (exact) mass is 221 g/mol. The smallest absolute Gasteiger partial charge is 0.245 e. The Morgan fingerprint density at radius 1 is 1.38 bits per heavy atom. The average Bonchev–Trinajstić information content (AvgIpc) is 2.38. The van der Waals surface area contributed by atoms with Crippen LogP contribution in [-0.4, -0.2) is 41.9 Å². The molecule has 0 aliphatic carbocycles. The molecule has 16 heavy (non-hydrogen) atoms. The number of nitrogens with one attached hydrogen (secondary N) is 1. The largest absolute Gasteiger partial charge is 0.343 e. The van der Waals surface area contributed by atoms with Crippen molar-refractivity contribution < 1.29 is 0 Å². The number of rotatable bonds is 4. The van der Waals surface area contributed by atoms with E-state index in [4.69, 9.17) is 0 Å². The van der Waals surface area contributed by atoms with Gasteiger partial charge in [0.15, 0.2) is 0 Å². The Kier molecular flexibility index (Phi) is 4.04. The van der Waals surface area contributed by atoms with Gasteiger partial charge in [-0.1, -0.05) is 0 Å². The van der Waals surface area contributed by atoms with Gasteiger partial charge in [-0.2, -0.15) is 5.10 Å². The third-order valence-corrected chi connectivity index (χ3v) is 3.14. The summed E-state index contributed by atoms with van der Waals surface area (Å²) < 4.78 is 0. The van der Waals surface area contributed by atoms with Crippen molar-refractivity contribution in [2.45, 2.75) is 19.3 Å². The third-order valence-electron chi connectivity index (χ3n) is 3.14. The normalized spacial score (nSPS) is 17.3. The Morgan fingerprint density at radius 2 is 2.19 bits per heavy atom. The summed E-state index contributed by atoms with van der Waals surface area (Å²) in [4.78, 5) is 6.26. The molecule has 1 aromatic rings. The molecule has 1 aliphatic rings. The maximum Gasteiger partial charge on any atom is 0.245 e. The Hall–Kier alpha value is -1.23. The first-order chi connectivity index (χ1) is 7.86. The minimum atomic E-state index is 0.719. The molecule has 0 unspecified atom stereocenters. The van der Waals surface area contributed by atoms with E-state index in [1.807, 2.05) is 7.05 Å². The van der Waals surface area contributed by atoms with Crippen LogP contribution < -0.4 is 10.2 Å². The maximum atomic E-state index is 4.18. The van der Waals surface area contributed by atoms with Crippen molar-refractivity contribution in [3.05, 3.63) is 12.4 Å². The van der Waals surface area contributed by atoms with E-state index in [0.717, 1.165) is 31.5 Å². The summed E-state index contributed by atoms with van der Waals surface area (Å²) in [6, 6.07) is 0. The van der Waals surface area contributed by atoms with Crippen LogP contribution in [0.3, 0.4) is 0 Å². The summed E-state index contributed by atoms with van der Waals surface area (Å²) in [5.41, 5.74) is 0. The molecule has 0 amide bonds. The fraction of sp³-hybridized carbons (Fsp3) is 0.727. The van der Waals surface area contributed by atoms with Crippen molar-refractivity contribution in [2.24, 2.45) is 5.92 Å². The van der Waals surface area contributed by atoms with E-state index in [-0.39, 0.29) is 0 Å². The van der Waals surface area contributed by atoms with Crippen molar-refractivity contribution in [1.82, 2.24) is 20.5 Å². The van der Waals surface area contributed by atoms with Gasteiger partial charge in [-0.15, -0.1) is 5.10 Å². The molecule has 0 spiro atoms. The molecule has 5 nitrogen and oxygen atoms in total. The van der Waals surface area contributed by atoms with Gasteiger partial charge in [-0.05, 0) is 38.3 Å². The van der Waals surface area contributed by atoms with Gasteiger partial charge in [0.05, 0.1) is 12.4 Å². The first-order valence-corrected chi connectivity index (χ1v) is 5.92. The minimum absolute atomic E-state index is 0.719. The molecular formula is C11H19N5. The van der Waals surface area contributed by atoms with Gasteiger partial charge in [0.2, 0.25) is 5.95 Å². The van der Waals surface area contributed by atoms with Gasteiger partial charge in [-0.25, -0.2) is 4.98 Å². The molecule has 1 N–H and O–H groups in total. The Morgan fingerprint density at radius 3 is 2.88 bits per heavy atom. The lowest BCUT2D eigenvalue weighted by atomic mass is 9.94. The van der Waals surface area contributed by atoms with E-state index in [1.165, 1.54) is 19.3 Å². The molecule has 0 saturated carbocycles. The predicted octanol–water partition coefficient (Wildman–Crippen LogP) is 0.697. The highest BCUT2D eigenvalue weighted by Crippen LogP contribution is 2.16. The second-order valence-electron chi connectivity index (χ2n) is 4.35. The summed E-state index contributed by atoms with van der Waals surface area (Å²) >= 11 is 0. The Balaban J connectivity index is 1.77. The highest BCUT2D eigenvalue weighted by atomic mass is 15.3. The Bertz CT molecular complexity index is 297. The molecular weight excluding hydrogens is 202 g/mol. The summed E-state index contributed by atoms with van der Waals surface area (Å²) in [6.07, 6.45) is 7.09. The molecule has 1 saturated heterocycles. The lowest BCUT2D eigenvalue weighted by Gasteiger charge is -2.25. The molecule has 0 bridgehead atoms. The molecule has 1 aliphatic heterocycles. The van der Waals surface area contributed by atoms with Crippen LogP contribution in [0.5, 0.6) is 0 Å². The fourth-order valence-electron chi connectivity index (χ4n) is 2.06. The zero-order chi connectivity index (χ0) is 11.2. The van der Waals surface area contributed by atoms with E-state index in [9.17, 15) is 0 Å². The van der Waals surface area contributed by atoms with Crippen LogP contribution in [0.2, 0.25) is 0 Å². The number of anilines is 1. The Labute approximate surface area is 96.3 Å². The van der Waals surface area contributed by atoms with Crippen LogP contribution >= 0.6 is 0 Å². The lowest BCUT2D eigenvalue weighted by Crippen LogP contribution is -2.30. The molecule has 0 atom stereocenters. The fourth-order valence-corrected chi connectivity index (χ4v) is 2.06. The van der Waals surface area contributed by atoms with Gasteiger partial charge in [0, 0.05) is 13.6 Å². The van der Waals surface area contributed by atoms with E-state index < -0.39 is 0 Å². The van der Waals surface area contributed by atoms with Gasteiger partial charge < -0.3 is 10.2 Å². The van der Waals surface area contributed by atoms with Crippen LogP contribution in [-0.2, 0) is 0 Å². The van der Waals surface area contributed by atoms with E-state index >= 15 is 0 Å². The molecule has 0 radical (unpaired) electrons. The van der Waals surface area contributed by atoms with Crippen molar-refractivity contribution in [1.29, 1.82) is 0 Å². The molecule has 5 heteroatoms. The zero-order valence-corrected chi connectivity index (χ0v) is 9.76. The number of hydrogen-bond donors (Lipinski definition) is 1. The van der Waals surface area contributed by atoms with Gasteiger partial charge in [0.25, 0.3) is 0 Å². The molecule has 2 rings (SSSR count). The number of aromatic nitrogens is 3. The van der Waals surface area contributed by atoms with Gasteiger partial charge in [0.1, 0.15) is 0 Å². The number of hydrogen-bond acceptors (Lipinski definition) is 5. The first-order valence-electron chi connectivity index (χ1n) is 5.92. The van der Waals surface area contributed by atoms with E-state index in [2.05, 4.69) is 25.4 Å². The third kappa shape index (κ3) is 3.13. The predicted molar refractivity (Wildman–Crippen MR) is 63.3 cm³/mol. The second kappa shape index (κ2) is 5.75. The van der Waals surface area contributed by atoms with Crippen LogP contribution in [0.4, 0.5) is 5.95 Å². The van der Waals surface area contributed by atoms with E-state index in [1.54, 1.807) is 12.4 Å². The van der Waals surface area contributed by atoms with E-state index in [0.29, 0.717) is 0 Å². The van der Waals surface area contributed by atoms with Crippen molar-refractivity contribution in [3.8, 4) is 0 Å². The minimum Gasteiger partial charge on any atom is -0.343 e. The SMILES string of the molecule is CN(CCC1CCNCC1)c1nccnn1. The quantitative estimate of drug-likeness (QED) is 0.811. The van der Waals surface area contributed by atoms with Crippen LogP contribution in [0.15, 0.2) is 12.4 Å². The second-order valence-corrected chi connectivity index (χ2v) is 4.35. The maximum absolute atomic E-state index is 4.18. The molecule has 0 aromatic carbocycles. The highest BCUT2D eigenvalue weighted by molar-refractivity contribution is 5.24.